The minimum Gasteiger partial charge on any atom is -0.382 e. The van der Waals surface area contributed by atoms with E-state index in [1.807, 2.05) is 29.5 Å². The zero-order valence-electron chi connectivity index (χ0n) is 9.42. The van der Waals surface area contributed by atoms with Crippen LogP contribution in [-0.4, -0.2) is 22.9 Å². The monoisotopic (exact) mass is 247 g/mol. The Kier molecular flexibility index (Phi) is 3.34. The number of aromatic nitrogens is 2. The molecule has 17 heavy (non-hydrogen) atoms. The molecule has 5 nitrogen and oxygen atoms in total. The van der Waals surface area contributed by atoms with E-state index in [9.17, 15) is 0 Å². The van der Waals surface area contributed by atoms with Crippen molar-refractivity contribution in [2.45, 2.75) is 6.54 Å². The summed E-state index contributed by atoms with van der Waals surface area (Å²) in [7, 11) is 1.93. The number of pyridine rings is 1. The van der Waals surface area contributed by atoms with Gasteiger partial charge in [0.1, 0.15) is 11.5 Å². The van der Waals surface area contributed by atoms with Gasteiger partial charge in [-0.15, -0.1) is 11.3 Å². The van der Waals surface area contributed by atoms with Crippen LogP contribution in [0.4, 0.5) is 5.69 Å². The molecule has 0 amide bonds. The van der Waals surface area contributed by atoms with Gasteiger partial charge in [0, 0.05) is 18.6 Å². The lowest BCUT2D eigenvalue weighted by molar-refractivity contribution is 0.888. The van der Waals surface area contributed by atoms with E-state index in [1.54, 1.807) is 23.0 Å². The fourth-order valence-electron chi connectivity index (χ4n) is 1.56. The van der Waals surface area contributed by atoms with Crippen LogP contribution in [0.3, 0.4) is 0 Å². The van der Waals surface area contributed by atoms with Crippen molar-refractivity contribution in [3.63, 3.8) is 0 Å². The van der Waals surface area contributed by atoms with Gasteiger partial charge in [-0.1, -0.05) is 0 Å². The molecule has 0 atom stereocenters. The largest absolute Gasteiger partial charge is 0.382 e. The smallest absolute Gasteiger partial charge is 0.143 e. The van der Waals surface area contributed by atoms with Gasteiger partial charge in [0.15, 0.2) is 0 Å². The summed E-state index contributed by atoms with van der Waals surface area (Å²) in [5.41, 5.74) is 9.65. The second-order valence-electron chi connectivity index (χ2n) is 3.62. The zero-order chi connectivity index (χ0) is 12.3. The fourth-order valence-corrected chi connectivity index (χ4v) is 2.11. The van der Waals surface area contributed by atoms with Crippen LogP contribution >= 0.6 is 11.3 Å². The van der Waals surface area contributed by atoms with Crippen LogP contribution in [0, 0.1) is 5.41 Å². The molecule has 0 fully saturated rings. The first kappa shape index (κ1) is 11.5. The van der Waals surface area contributed by atoms with E-state index in [1.165, 1.54) is 0 Å². The van der Waals surface area contributed by atoms with Crippen LogP contribution in [-0.2, 0) is 6.54 Å². The molecule has 0 saturated heterocycles. The number of nitrogens with zero attached hydrogens (tertiary/aromatic N) is 3. The molecule has 0 radical (unpaired) electrons. The van der Waals surface area contributed by atoms with Crippen LogP contribution in [0.5, 0.6) is 0 Å². The van der Waals surface area contributed by atoms with Gasteiger partial charge in [0.05, 0.1) is 23.4 Å². The van der Waals surface area contributed by atoms with Crippen LogP contribution in [0.1, 0.15) is 11.4 Å². The van der Waals surface area contributed by atoms with Crippen LogP contribution in [0.15, 0.2) is 29.2 Å². The fraction of sp³-hybridized carbons (Fsp3) is 0.182. The summed E-state index contributed by atoms with van der Waals surface area (Å²) in [5, 5.41) is 9.49. The van der Waals surface area contributed by atoms with Crippen molar-refractivity contribution in [1.82, 2.24) is 9.97 Å². The van der Waals surface area contributed by atoms with Gasteiger partial charge in [-0.3, -0.25) is 10.4 Å². The maximum Gasteiger partial charge on any atom is 0.143 e. The third-order valence-electron chi connectivity index (χ3n) is 2.34. The summed E-state index contributed by atoms with van der Waals surface area (Å²) in [6, 6.07) is 3.73. The van der Waals surface area contributed by atoms with Crippen molar-refractivity contribution in [2.24, 2.45) is 5.73 Å². The molecule has 0 spiro atoms. The predicted octanol–water partition coefficient (Wildman–Crippen LogP) is 1.46. The number of hydrogen-bond donors (Lipinski definition) is 2. The molecule has 3 N–H and O–H groups in total. The standard InChI is InChI=1S/C11H13N5S/c1-16(5-8-6-17-7-15-8)9-3-2-4-14-10(9)11(12)13/h2-4,6-7H,5H2,1H3,(H3,12,13). The van der Waals surface area contributed by atoms with Gasteiger partial charge in [-0.05, 0) is 12.1 Å². The highest BCUT2D eigenvalue weighted by atomic mass is 32.1. The van der Waals surface area contributed by atoms with Crippen molar-refractivity contribution in [1.29, 1.82) is 5.41 Å². The maximum absolute atomic E-state index is 7.49. The number of amidine groups is 1. The van der Waals surface area contributed by atoms with Crippen LogP contribution in [0.2, 0.25) is 0 Å². The van der Waals surface area contributed by atoms with Crippen molar-refractivity contribution < 1.29 is 0 Å². The molecule has 2 rings (SSSR count). The maximum atomic E-state index is 7.49. The van der Waals surface area contributed by atoms with Crippen molar-refractivity contribution in [3.8, 4) is 0 Å². The van der Waals surface area contributed by atoms with E-state index in [4.69, 9.17) is 11.1 Å². The van der Waals surface area contributed by atoms with E-state index in [-0.39, 0.29) is 5.84 Å². The van der Waals surface area contributed by atoms with Crippen LogP contribution in [0.25, 0.3) is 0 Å². The Labute approximate surface area is 103 Å². The lowest BCUT2D eigenvalue weighted by Crippen LogP contribution is -2.23. The molecule has 0 bridgehead atoms. The average Bonchev–Trinajstić information content (AvgIpc) is 2.81. The van der Waals surface area contributed by atoms with Gasteiger partial charge in [-0.2, -0.15) is 0 Å². The summed E-state index contributed by atoms with van der Waals surface area (Å²) in [6.07, 6.45) is 1.64. The van der Waals surface area contributed by atoms with E-state index in [0.29, 0.717) is 12.2 Å². The summed E-state index contributed by atoms with van der Waals surface area (Å²) < 4.78 is 0. The molecule has 0 aliphatic rings. The molecule has 0 aromatic carbocycles. The Hall–Kier alpha value is -1.95. The Morgan fingerprint density at radius 1 is 1.53 bits per heavy atom. The van der Waals surface area contributed by atoms with Gasteiger partial charge in [0.2, 0.25) is 0 Å². The molecular weight excluding hydrogens is 234 g/mol. The first-order valence-electron chi connectivity index (χ1n) is 5.06. The van der Waals surface area contributed by atoms with E-state index in [2.05, 4.69) is 9.97 Å². The lowest BCUT2D eigenvalue weighted by atomic mass is 10.2. The third kappa shape index (κ3) is 2.59. The Balaban J connectivity index is 2.24. The predicted molar refractivity (Wildman–Crippen MR) is 69.5 cm³/mol. The molecule has 0 aliphatic carbocycles. The van der Waals surface area contributed by atoms with Gasteiger partial charge >= 0.3 is 0 Å². The summed E-state index contributed by atoms with van der Waals surface area (Å²) >= 11 is 1.57. The summed E-state index contributed by atoms with van der Waals surface area (Å²) in [5.74, 6) is -0.0225. The topological polar surface area (TPSA) is 78.9 Å². The van der Waals surface area contributed by atoms with Gasteiger partial charge in [-0.25, -0.2) is 4.98 Å². The minimum atomic E-state index is -0.0225. The minimum absolute atomic E-state index is 0.0225. The van der Waals surface area contributed by atoms with Crippen molar-refractivity contribution >= 4 is 22.9 Å². The molecule has 0 unspecified atom stereocenters. The molecule has 2 aromatic rings. The first-order chi connectivity index (χ1) is 8.18. The van der Waals surface area contributed by atoms with E-state index in [0.717, 1.165) is 11.4 Å². The van der Waals surface area contributed by atoms with E-state index >= 15 is 0 Å². The second-order valence-corrected chi connectivity index (χ2v) is 4.34. The SMILES string of the molecule is CN(Cc1cscn1)c1cccnc1C(=N)N. The Morgan fingerprint density at radius 2 is 2.35 bits per heavy atom. The highest BCUT2D eigenvalue weighted by Crippen LogP contribution is 2.18. The van der Waals surface area contributed by atoms with Gasteiger partial charge < -0.3 is 10.6 Å². The normalized spacial score (nSPS) is 10.2. The summed E-state index contributed by atoms with van der Waals surface area (Å²) in [6.45, 7) is 0.676. The first-order valence-corrected chi connectivity index (χ1v) is 6.00. The number of hydrogen-bond acceptors (Lipinski definition) is 5. The lowest BCUT2D eigenvalue weighted by Gasteiger charge is -2.20. The molecule has 0 saturated carbocycles. The number of nitrogens with one attached hydrogen (secondary N) is 1. The molecule has 0 aliphatic heterocycles. The molecule has 2 heterocycles. The number of thiazole rings is 1. The molecule has 2 aromatic heterocycles. The van der Waals surface area contributed by atoms with Crippen molar-refractivity contribution in [2.75, 3.05) is 11.9 Å². The highest BCUT2D eigenvalue weighted by Gasteiger charge is 2.11. The second kappa shape index (κ2) is 4.92. The molecular formula is C11H13N5S. The number of nitrogen functional groups attached to an aromatic ring is 1. The number of anilines is 1. The third-order valence-corrected chi connectivity index (χ3v) is 2.97. The van der Waals surface area contributed by atoms with Gasteiger partial charge in [0.25, 0.3) is 0 Å². The zero-order valence-corrected chi connectivity index (χ0v) is 10.2. The van der Waals surface area contributed by atoms with Crippen LogP contribution < -0.4 is 10.6 Å². The molecule has 6 heteroatoms. The van der Waals surface area contributed by atoms with E-state index < -0.39 is 0 Å². The highest BCUT2D eigenvalue weighted by molar-refractivity contribution is 7.07. The quantitative estimate of drug-likeness (QED) is 0.633. The van der Waals surface area contributed by atoms with Crippen molar-refractivity contribution in [3.05, 3.63) is 40.6 Å². The average molecular weight is 247 g/mol. The number of rotatable bonds is 4. The summed E-state index contributed by atoms with van der Waals surface area (Å²) in [4.78, 5) is 10.3. The number of nitrogens with two attached hydrogens (primary N) is 1. The Bertz CT molecular complexity index is 508. The Morgan fingerprint density at radius 3 is 3.00 bits per heavy atom. The molecule has 88 valence electrons.